The molecule has 2 N–H and O–H groups in total. The van der Waals surface area contributed by atoms with Crippen molar-refractivity contribution in [2.45, 2.75) is 59.5 Å². The summed E-state index contributed by atoms with van der Waals surface area (Å²) in [5.74, 6) is -1.99. The number of carbonyl (C=O) groups is 4. The van der Waals surface area contributed by atoms with Crippen LogP contribution in [0.25, 0.3) is 10.1 Å². The lowest BCUT2D eigenvalue weighted by molar-refractivity contribution is -0.145. The zero-order chi connectivity index (χ0) is 31.3. The van der Waals surface area contributed by atoms with Crippen LogP contribution in [0.2, 0.25) is 0 Å². The van der Waals surface area contributed by atoms with E-state index in [1.165, 1.54) is 25.2 Å². The lowest BCUT2D eigenvalue weighted by Crippen LogP contribution is -2.28. The maximum Gasteiger partial charge on any atom is 0.306 e. The number of amides is 1. The van der Waals surface area contributed by atoms with Crippen LogP contribution in [-0.2, 0) is 33.9 Å². The van der Waals surface area contributed by atoms with Crippen LogP contribution in [0.5, 0.6) is 17.2 Å². The number of hydrogen-bond donors (Lipinski definition) is 2. The molecule has 0 spiro atoms. The second kappa shape index (κ2) is 13.9. The summed E-state index contributed by atoms with van der Waals surface area (Å²) in [6.45, 7) is 6.77. The quantitative estimate of drug-likeness (QED) is 0.167. The van der Waals surface area contributed by atoms with Crippen LogP contribution in [0.15, 0.2) is 30.3 Å². The van der Waals surface area contributed by atoms with Crippen molar-refractivity contribution in [1.82, 2.24) is 4.90 Å². The molecule has 230 valence electrons. The number of carboxylic acids is 2. The van der Waals surface area contributed by atoms with E-state index in [-0.39, 0.29) is 24.5 Å². The Morgan fingerprint density at radius 1 is 0.860 bits per heavy atom. The van der Waals surface area contributed by atoms with Crippen LogP contribution in [-0.4, -0.2) is 59.1 Å². The van der Waals surface area contributed by atoms with E-state index in [2.05, 4.69) is 6.07 Å². The van der Waals surface area contributed by atoms with Crippen LogP contribution >= 0.6 is 11.3 Å². The predicted molar refractivity (Wildman–Crippen MR) is 161 cm³/mol. The van der Waals surface area contributed by atoms with Crippen molar-refractivity contribution in [1.29, 1.82) is 0 Å². The average molecular weight is 612 g/mol. The zero-order valence-corrected chi connectivity index (χ0v) is 25.6. The van der Waals surface area contributed by atoms with Crippen LogP contribution in [0.3, 0.4) is 0 Å². The number of fused-ring (bicyclic) bond motifs is 2. The summed E-state index contributed by atoms with van der Waals surface area (Å²) >= 11 is 1.30. The Morgan fingerprint density at radius 3 is 2.12 bits per heavy atom. The Balaban J connectivity index is 1.34. The second-order valence-electron chi connectivity index (χ2n) is 10.8. The first-order chi connectivity index (χ1) is 20.5. The summed E-state index contributed by atoms with van der Waals surface area (Å²) in [6, 6.07) is 9.44. The molecule has 0 aliphatic carbocycles. The smallest absolute Gasteiger partial charge is 0.306 e. The van der Waals surface area contributed by atoms with Crippen molar-refractivity contribution in [2.75, 3.05) is 20.3 Å². The molecule has 0 radical (unpaired) electrons. The highest BCUT2D eigenvalue weighted by molar-refractivity contribution is 7.20. The molecule has 43 heavy (non-hydrogen) atoms. The van der Waals surface area contributed by atoms with Crippen LogP contribution in [0.1, 0.15) is 66.4 Å². The molecule has 0 bridgehead atoms. The van der Waals surface area contributed by atoms with Gasteiger partial charge in [0, 0.05) is 43.1 Å². The van der Waals surface area contributed by atoms with E-state index in [0.29, 0.717) is 49.1 Å². The van der Waals surface area contributed by atoms with Crippen molar-refractivity contribution >= 4 is 45.1 Å². The molecular formula is C32H37NO9S. The van der Waals surface area contributed by atoms with Gasteiger partial charge in [0.05, 0.1) is 37.0 Å². The number of thiophene rings is 1. The Labute approximate surface area is 254 Å². The summed E-state index contributed by atoms with van der Waals surface area (Å²) in [6.07, 6.45) is 1.28. The first kappa shape index (κ1) is 31.8. The topological polar surface area (TPSA) is 140 Å². The van der Waals surface area contributed by atoms with E-state index in [1.54, 1.807) is 18.1 Å². The highest BCUT2D eigenvalue weighted by atomic mass is 32.1. The first-order valence-corrected chi connectivity index (χ1v) is 15.1. The molecule has 1 aromatic heterocycles. The number of hydrogen-bond acceptors (Lipinski definition) is 8. The van der Waals surface area contributed by atoms with Crippen LogP contribution < -0.4 is 14.2 Å². The molecule has 0 saturated heterocycles. The number of carbonyl (C=O) groups excluding carboxylic acids is 2. The number of ketones is 1. The molecule has 1 aliphatic heterocycles. The first-order valence-electron chi connectivity index (χ1n) is 14.3. The molecule has 0 fully saturated rings. The highest BCUT2D eigenvalue weighted by Crippen LogP contribution is 2.37. The van der Waals surface area contributed by atoms with Gasteiger partial charge in [0.25, 0.3) is 0 Å². The van der Waals surface area contributed by atoms with Crippen molar-refractivity contribution < 1.29 is 43.6 Å². The SMILES string of the molecule is CCc1cc2c(cc1OCCCOc1cc3cc(C(=O)C[C@H](C)C(=O)O)sc3cc1OC)CN(C(=O)C[C@H](C)C(=O)O)C2. The number of rotatable bonds is 15. The summed E-state index contributed by atoms with van der Waals surface area (Å²) < 4.78 is 18.5. The van der Waals surface area contributed by atoms with Gasteiger partial charge in [0.1, 0.15) is 5.75 Å². The minimum atomic E-state index is -0.999. The third kappa shape index (κ3) is 7.64. The van der Waals surface area contributed by atoms with Gasteiger partial charge in [0.15, 0.2) is 17.3 Å². The zero-order valence-electron chi connectivity index (χ0n) is 24.8. The Bertz CT molecular complexity index is 1530. The number of ether oxygens (including phenoxy) is 3. The highest BCUT2D eigenvalue weighted by Gasteiger charge is 2.27. The monoisotopic (exact) mass is 611 g/mol. The number of benzene rings is 2. The van der Waals surface area contributed by atoms with Gasteiger partial charge < -0.3 is 29.3 Å². The summed E-state index contributed by atoms with van der Waals surface area (Å²) in [7, 11) is 1.55. The molecular weight excluding hydrogens is 574 g/mol. The van der Waals surface area contributed by atoms with Crippen LogP contribution in [0.4, 0.5) is 0 Å². The third-order valence-electron chi connectivity index (χ3n) is 7.54. The molecule has 4 rings (SSSR count). The lowest BCUT2D eigenvalue weighted by atomic mass is 10.0. The fourth-order valence-corrected chi connectivity index (χ4v) is 5.91. The molecule has 1 amide bonds. The van der Waals surface area contributed by atoms with E-state index in [9.17, 15) is 19.2 Å². The Hall–Kier alpha value is -4.12. The summed E-state index contributed by atoms with van der Waals surface area (Å²) in [5, 5.41) is 19.1. The lowest BCUT2D eigenvalue weighted by Gasteiger charge is -2.16. The Morgan fingerprint density at radius 2 is 1.49 bits per heavy atom. The predicted octanol–water partition coefficient (Wildman–Crippen LogP) is 5.57. The van der Waals surface area contributed by atoms with Gasteiger partial charge in [-0.05, 0) is 46.7 Å². The molecule has 0 saturated carbocycles. The number of nitrogens with zero attached hydrogens (tertiary/aromatic N) is 1. The van der Waals surface area contributed by atoms with Crippen molar-refractivity contribution in [3.05, 3.63) is 51.9 Å². The fraction of sp³-hybridized carbons (Fsp3) is 0.438. The molecule has 3 aromatic rings. The standard InChI is InChI=1S/C32H37NO9S/c1-5-20-11-22-16-33(30(35)10-19(3)32(38)39)17-23(22)13-25(20)41-7-6-8-42-27-12-21-14-29(24(34)9-18(2)31(36)37)43-28(21)15-26(27)40-4/h11-15,18-19H,5-10,16-17H2,1-4H3,(H,36,37)(H,38,39)/t18-,19-/m0/s1. The average Bonchev–Trinajstić information content (AvgIpc) is 3.59. The van der Waals surface area contributed by atoms with Crippen molar-refractivity contribution in [2.24, 2.45) is 11.8 Å². The second-order valence-corrected chi connectivity index (χ2v) is 11.9. The molecule has 2 aromatic carbocycles. The van der Waals surface area contributed by atoms with Gasteiger partial charge in [-0.15, -0.1) is 11.3 Å². The van der Waals surface area contributed by atoms with Gasteiger partial charge >= 0.3 is 11.9 Å². The maximum atomic E-state index is 12.6. The maximum absolute atomic E-state index is 12.6. The van der Waals surface area contributed by atoms with Gasteiger partial charge in [0.2, 0.25) is 5.91 Å². The Kier molecular flexibility index (Phi) is 10.3. The van der Waals surface area contributed by atoms with E-state index >= 15 is 0 Å². The fourth-order valence-electron chi connectivity index (χ4n) is 4.89. The van der Waals surface area contributed by atoms with Gasteiger partial charge in [-0.2, -0.15) is 0 Å². The number of carboxylic acid groups (broad SMARTS) is 2. The number of aliphatic carboxylic acids is 2. The van der Waals surface area contributed by atoms with E-state index in [4.69, 9.17) is 24.4 Å². The van der Waals surface area contributed by atoms with E-state index in [0.717, 1.165) is 38.9 Å². The van der Waals surface area contributed by atoms with Gasteiger partial charge in [-0.3, -0.25) is 19.2 Å². The van der Waals surface area contributed by atoms with Crippen molar-refractivity contribution in [3.63, 3.8) is 0 Å². The summed E-state index contributed by atoms with van der Waals surface area (Å²) in [5.41, 5.74) is 3.10. The summed E-state index contributed by atoms with van der Waals surface area (Å²) in [4.78, 5) is 49.7. The normalized spacial score (nSPS) is 13.8. The van der Waals surface area contributed by atoms with Crippen molar-refractivity contribution in [3.8, 4) is 17.2 Å². The van der Waals surface area contributed by atoms with Crippen LogP contribution in [0, 0.1) is 11.8 Å². The minimum absolute atomic E-state index is 0.0250. The number of aryl methyl sites for hydroxylation is 1. The molecule has 2 atom stereocenters. The molecule has 2 heterocycles. The largest absolute Gasteiger partial charge is 0.493 e. The van der Waals surface area contributed by atoms with E-state index in [1.807, 2.05) is 25.1 Å². The number of methoxy groups -OCH3 is 1. The third-order valence-corrected chi connectivity index (χ3v) is 8.67. The molecule has 0 unspecified atom stereocenters. The molecule has 10 nitrogen and oxygen atoms in total. The van der Waals surface area contributed by atoms with Gasteiger partial charge in [-0.25, -0.2) is 0 Å². The molecule has 1 aliphatic rings. The van der Waals surface area contributed by atoms with E-state index < -0.39 is 23.8 Å². The minimum Gasteiger partial charge on any atom is -0.493 e. The van der Waals surface area contributed by atoms with Gasteiger partial charge in [-0.1, -0.05) is 26.8 Å². The number of Topliss-reactive ketones (excluding diaryl/α,β-unsaturated/α-hetero) is 1. The molecule has 11 heteroatoms.